The molecular weight excluding hydrogens is 354 g/mol. The number of carbonyl (C=O) groups excluding carboxylic acids is 2. The Morgan fingerprint density at radius 3 is 1.61 bits per heavy atom. The van der Waals surface area contributed by atoms with Gasteiger partial charge in [-0.2, -0.15) is 0 Å². The fourth-order valence-corrected chi connectivity index (χ4v) is 3.07. The van der Waals surface area contributed by atoms with Gasteiger partial charge >= 0.3 is 12.1 Å². The lowest BCUT2D eigenvalue weighted by Gasteiger charge is -2.07. The summed E-state index contributed by atoms with van der Waals surface area (Å²) in [7, 11) is 0. The van der Waals surface area contributed by atoms with E-state index in [2.05, 4.69) is 18.8 Å². The number of nitrogens with one attached hydrogen (secondary N) is 1. The van der Waals surface area contributed by atoms with E-state index in [1.165, 1.54) is 83.5 Å². The van der Waals surface area contributed by atoms with Gasteiger partial charge in [-0.25, -0.2) is 9.59 Å². The van der Waals surface area contributed by atoms with Crippen LogP contribution in [0.15, 0.2) is 12.7 Å². The van der Waals surface area contributed by atoms with E-state index in [1.807, 2.05) is 0 Å². The molecule has 0 aromatic heterocycles. The normalized spacial score (nSPS) is 10.5. The Kier molecular flexibility index (Phi) is 20.6. The topological polar surface area (TPSA) is 64.6 Å². The summed E-state index contributed by atoms with van der Waals surface area (Å²) >= 11 is 0. The number of esters is 1. The van der Waals surface area contributed by atoms with Crippen molar-refractivity contribution in [3.05, 3.63) is 12.7 Å². The van der Waals surface area contributed by atoms with E-state index in [-0.39, 0.29) is 13.2 Å². The molecule has 0 aliphatic carbocycles. The van der Waals surface area contributed by atoms with Crippen molar-refractivity contribution in [2.75, 3.05) is 19.8 Å². The molecule has 0 saturated carbocycles. The van der Waals surface area contributed by atoms with Crippen molar-refractivity contribution in [3.63, 3.8) is 0 Å². The number of unbranched alkanes of at least 4 members (excludes halogenated alkanes) is 14. The fourth-order valence-electron chi connectivity index (χ4n) is 3.07. The summed E-state index contributed by atoms with van der Waals surface area (Å²) in [4.78, 5) is 22.2. The van der Waals surface area contributed by atoms with Gasteiger partial charge in [0.05, 0.1) is 0 Å². The standard InChI is InChI=1S/C23H43NO4/c1-3-5-6-7-8-9-10-11-12-13-14-15-16-17-18-19-24-23(26)28-21-20-27-22(25)4-2/h4H,2-3,5-21H2,1H3,(H,24,26). The Labute approximate surface area is 172 Å². The largest absolute Gasteiger partial charge is 0.459 e. The second-order valence-corrected chi connectivity index (χ2v) is 7.38. The maximum Gasteiger partial charge on any atom is 0.407 e. The molecule has 0 atom stereocenters. The van der Waals surface area contributed by atoms with Gasteiger partial charge in [0.1, 0.15) is 13.2 Å². The van der Waals surface area contributed by atoms with Crippen molar-refractivity contribution in [2.24, 2.45) is 0 Å². The molecule has 5 nitrogen and oxygen atoms in total. The second kappa shape index (κ2) is 21.8. The molecule has 0 unspecified atom stereocenters. The van der Waals surface area contributed by atoms with Crippen molar-refractivity contribution in [1.82, 2.24) is 5.32 Å². The highest BCUT2D eigenvalue weighted by Gasteiger charge is 2.02. The third-order valence-corrected chi connectivity index (χ3v) is 4.78. The van der Waals surface area contributed by atoms with Crippen molar-refractivity contribution in [2.45, 2.75) is 103 Å². The average Bonchev–Trinajstić information content (AvgIpc) is 2.70. The molecule has 5 heteroatoms. The molecule has 0 aliphatic rings. The maximum atomic E-state index is 11.4. The SMILES string of the molecule is C=CC(=O)OCCOC(=O)NCCCCCCCCCCCCCCCCC. The Balaban J connectivity index is 3.16. The lowest BCUT2D eigenvalue weighted by atomic mass is 10.0. The maximum absolute atomic E-state index is 11.4. The molecule has 0 aliphatic heterocycles. The Morgan fingerprint density at radius 1 is 0.714 bits per heavy atom. The van der Waals surface area contributed by atoms with Gasteiger partial charge in [-0.15, -0.1) is 0 Å². The number of hydrogen-bond donors (Lipinski definition) is 1. The molecule has 0 bridgehead atoms. The molecule has 0 fully saturated rings. The molecular formula is C23H43NO4. The van der Waals surface area contributed by atoms with Gasteiger partial charge in [0.15, 0.2) is 0 Å². The van der Waals surface area contributed by atoms with E-state index in [0.717, 1.165) is 18.9 Å². The fraction of sp³-hybridized carbons (Fsp3) is 0.826. The molecule has 164 valence electrons. The monoisotopic (exact) mass is 397 g/mol. The summed E-state index contributed by atoms with van der Waals surface area (Å²) in [6.45, 7) is 6.29. The quantitative estimate of drug-likeness (QED) is 0.148. The molecule has 1 N–H and O–H groups in total. The van der Waals surface area contributed by atoms with Crippen LogP contribution in [0.5, 0.6) is 0 Å². The van der Waals surface area contributed by atoms with E-state index in [0.29, 0.717) is 6.54 Å². The number of amides is 1. The van der Waals surface area contributed by atoms with Gasteiger partial charge in [-0.05, 0) is 6.42 Å². The van der Waals surface area contributed by atoms with Crippen LogP contribution >= 0.6 is 0 Å². The lowest BCUT2D eigenvalue weighted by molar-refractivity contribution is -0.138. The van der Waals surface area contributed by atoms with Crippen molar-refractivity contribution < 1.29 is 19.1 Å². The van der Waals surface area contributed by atoms with Crippen LogP contribution in [0, 0.1) is 0 Å². The lowest BCUT2D eigenvalue weighted by Crippen LogP contribution is -2.26. The van der Waals surface area contributed by atoms with Gasteiger partial charge in [-0.1, -0.05) is 103 Å². The van der Waals surface area contributed by atoms with Crippen LogP contribution in [0.3, 0.4) is 0 Å². The van der Waals surface area contributed by atoms with Crippen LogP contribution in [0.1, 0.15) is 103 Å². The Hall–Kier alpha value is -1.52. The predicted molar refractivity (Wildman–Crippen MR) is 115 cm³/mol. The number of hydrogen-bond acceptors (Lipinski definition) is 4. The minimum absolute atomic E-state index is 0.0528. The first-order valence-electron chi connectivity index (χ1n) is 11.4. The van der Waals surface area contributed by atoms with Gasteiger partial charge in [0.25, 0.3) is 0 Å². The molecule has 0 rings (SSSR count). The number of alkyl carbamates (subject to hydrolysis) is 1. The summed E-state index contributed by atoms with van der Waals surface area (Å²) in [5.41, 5.74) is 0. The number of rotatable bonds is 20. The van der Waals surface area contributed by atoms with Gasteiger partial charge < -0.3 is 14.8 Å². The zero-order valence-electron chi connectivity index (χ0n) is 18.1. The molecule has 0 aromatic carbocycles. The molecule has 0 heterocycles. The first-order chi connectivity index (χ1) is 13.7. The summed E-state index contributed by atoms with van der Waals surface area (Å²) < 4.78 is 9.61. The zero-order valence-corrected chi connectivity index (χ0v) is 18.1. The van der Waals surface area contributed by atoms with Crippen LogP contribution < -0.4 is 5.32 Å². The molecule has 0 saturated heterocycles. The van der Waals surface area contributed by atoms with Crippen LogP contribution in [0.4, 0.5) is 4.79 Å². The summed E-state index contributed by atoms with van der Waals surface area (Å²) in [5.74, 6) is -0.512. The summed E-state index contributed by atoms with van der Waals surface area (Å²) in [6, 6.07) is 0. The summed E-state index contributed by atoms with van der Waals surface area (Å²) in [5, 5.41) is 2.71. The first kappa shape index (κ1) is 26.5. The van der Waals surface area contributed by atoms with E-state index < -0.39 is 12.1 Å². The van der Waals surface area contributed by atoms with Crippen LogP contribution in [-0.4, -0.2) is 31.8 Å². The second-order valence-electron chi connectivity index (χ2n) is 7.38. The number of ether oxygens (including phenoxy) is 2. The van der Waals surface area contributed by atoms with Gasteiger partial charge in [0.2, 0.25) is 0 Å². The Bertz CT molecular complexity index is 385. The predicted octanol–water partition coefficient (Wildman–Crippen LogP) is 6.31. The Morgan fingerprint density at radius 2 is 1.14 bits per heavy atom. The van der Waals surface area contributed by atoms with E-state index in [1.54, 1.807) is 0 Å². The smallest absolute Gasteiger partial charge is 0.407 e. The van der Waals surface area contributed by atoms with E-state index in [9.17, 15) is 9.59 Å². The van der Waals surface area contributed by atoms with Gasteiger partial charge in [0, 0.05) is 12.6 Å². The molecule has 1 amide bonds. The van der Waals surface area contributed by atoms with Crippen LogP contribution in [0.25, 0.3) is 0 Å². The molecule has 0 radical (unpaired) electrons. The molecule has 0 spiro atoms. The van der Waals surface area contributed by atoms with Crippen molar-refractivity contribution in [1.29, 1.82) is 0 Å². The highest BCUT2D eigenvalue weighted by atomic mass is 16.6. The van der Waals surface area contributed by atoms with E-state index >= 15 is 0 Å². The highest BCUT2D eigenvalue weighted by molar-refractivity contribution is 5.81. The third kappa shape index (κ3) is 20.8. The first-order valence-corrected chi connectivity index (χ1v) is 11.4. The van der Waals surface area contributed by atoms with Crippen molar-refractivity contribution in [3.8, 4) is 0 Å². The number of carbonyl (C=O) groups is 2. The highest BCUT2D eigenvalue weighted by Crippen LogP contribution is 2.13. The van der Waals surface area contributed by atoms with Gasteiger partial charge in [-0.3, -0.25) is 0 Å². The zero-order chi connectivity index (χ0) is 20.7. The molecule has 0 aromatic rings. The van der Waals surface area contributed by atoms with Crippen LogP contribution in [-0.2, 0) is 14.3 Å². The van der Waals surface area contributed by atoms with E-state index in [4.69, 9.17) is 9.47 Å². The average molecular weight is 398 g/mol. The minimum Gasteiger partial charge on any atom is -0.459 e. The van der Waals surface area contributed by atoms with Crippen molar-refractivity contribution >= 4 is 12.1 Å². The summed E-state index contributed by atoms with van der Waals surface area (Å²) in [6.07, 6.45) is 20.5. The molecule has 28 heavy (non-hydrogen) atoms. The minimum atomic E-state index is -0.512. The van der Waals surface area contributed by atoms with Crippen LogP contribution in [0.2, 0.25) is 0 Å². The third-order valence-electron chi connectivity index (χ3n) is 4.78.